The zero-order chi connectivity index (χ0) is 12.8. The van der Waals surface area contributed by atoms with Gasteiger partial charge in [-0.1, -0.05) is 19.0 Å². The van der Waals surface area contributed by atoms with Crippen LogP contribution in [0.5, 0.6) is 0 Å². The zero-order valence-corrected chi connectivity index (χ0v) is 10.8. The Balaban J connectivity index is 1.94. The maximum absolute atomic E-state index is 10.2. The molecule has 18 heavy (non-hydrogen) atoms. The summed E-state index contributed by atoms with van der Waals surface area (Å²) < 4.78 is 7.30. The first kappa shape index (κ1) is 11.5. The van der Waals surface area contributed by atoms with Crippen LogP contribution in [-0.2, 0) is 13.0 Å². The van der Waals surface area contributed by atoms with Gasteiger partial charge in [-0.25, -0.2) is 0 Å². The molecule has 0 aromatic carbocycles. The van der Waals surface area contributed by atoms with Crippen LogP contribution in [0.1, 0.15) is 43.4 Å². The van der Waals surface area contributed by atoms with Crippen LogP contribution >= 0.6 is 0 Å². The van der Waals surface area contributed by atoms with Gasteiger partial charge in [0, 0.05) is 23.5 Å². The van der Waals surface area contributed by atoms with Crippen LogP contribution in [0.2, 0.25) is 0 Å². The van der Waals surface area contributed by atoms with Crippen molar-refractivity contribution in [3.8, 4) is 0 Å². The second-order valence-electron chi connectivity index (χ2n) is 5.89. The molecule has 1 unspecified atom stereocenters. The Hall–Kier alpha value is -1.55. The number of aliphatic hydroxyl groups is 1. The molecule has 0 aliphatic heterocycles. The first-order valence-corrected chi connectivity index (χ1v) is 6.31. The maximum Gasteiger partial charge on any atom is 0.156 e. The van der Waals surface area contributed by atoms with Gasteiger partial charge in [0.2, 0.25) is 0 Å². The molecule has 1 aliphatic carbocycles. The van der Waals surface area contributed by atoms with Crippen molar-refractivity contribution in [3.63, 3.8) is 0 Å². The lowest BCUT2D eigenvalue weighted by Crippen LogP contribution is -2.26. The minimum atomic E-state index is -0.347. The number of hydrogen-bond donors (Lipinski definition) is 1. The van der Waals surface area contributed by atoms with Gasteiger partial charge in [-0.2, -0.15) is 0 Å². The highest BCUT2D eigenvalue weighted by molar-refractivity contribution is 5.29. The topological polar surface area (TPSA) is 51.2 Å². The summed E-state index contributed by atoms with van der Waals surface area (Å²) in [6.07, 6.45) is 5.15. The van der Waals surface area contributed by atoms with Gasteiger partial charge in [0.15, 0.2) is 5.76 Å². The van der Waals surface area contributed by atoms with Crippen molar-refractivity contribution >= 4 is 0 Å². The SMILES string of the molecule is CC1(C)Cc2c(ccn2Cc2ccno2)C(O)C1. The van der Waals surface area contributed by atoms with Crippen LogP contribution in [0, 0.1) is 5.41 Å². The van der Waals surface area contributed by atoms with Crippen molar-refractivity contribution in [1.82, 2.24) is 9.72 Å². The van der Waals surface area contributed by atoms with Crippen molar-refractivity contribution in [3.05, 3.63) is 41.5 Å². The van der Waals surface area contributed by atoms with Gasteiger partial charge in [-0.3, -0.25) is 0 Å². The Bertz CT molecular complexity index is 540. The summed E-state index contributed by atoms with van der Waals surface area (Å²) in [5.74, 6) is 0.839. The van der Waals surface area contributed by atoms with Gasteiger partial charge >= 0.3 is 0 Å². The molecule has 3 rings (SSSR count). The van der Waals surface area contributed by atoms with E-state index >= 15 is 0 Å². The Morgan fingerprint density at radius 1 is 1.50 bits per heavy atom. The molecule has 2 heterocycles. The lowest BCUT2D eigenvalue weighted by atomic mass is 9.75. The van der Waals surface area contributed by atoms with Crippen LogP contribution in [-0.4, -0.2) is 14.8 Å². The van der Waals surface area contributed by atoms with Crippen molar-refractivity contribution in [1.29, 1.82) is 0 Å². The fourth-order valence-corrected chi connectivity index (χ4v) is 2.83. The predicted molar refractivity (Wildman–Crippen MR) is 67.1 cm³/mol. The number of aliphatic hydroxyl groups excluding tert-OH is 1. The fraction of sp³-hybridized carbons (Fsp3) is 0.500. The Labute approximate surface area is 106 Å². The summed E-state index contributed by atoms with van der Waals surface area (Å²) in [5.41, 5.74) is 2.42. The molecule has 4 nitrogen and oxygen atoms in total. The Morgan fingerprint density at radius 2 is 2.33 bits per heavy atom. The molecule has 1 atom stereocenters. The van der Waals surface area contributed by atoms with Crippen LogP contribution in [0.15, 0.2) is 29.0 Å². The highest BCUT2D eigenvalue weighted by Gasteiger charge is 2.33. The molecule has 1 aliphatic rings. The van der Waals surface area contributed by atoms with Crippen molar-refractivity contribution in [2.45, 2.75) is 39.3 Å². The summed E-state index contributed by atoms with van der Waals surface area (Å²) in [4.78, 5) is 0. The van der Waals surface area contributed by atoms with E-state index in [1.807, 2.05) is 18.3 Å². The first-order chi connectivity index (χ1) is 8.55. The molecular weight excluding hydrogens is 228 g/mol. The van der Waals surface area contributed by atoms with Gasteiger partial charge in [0.05, 0.1) is 18.8 Å². The van der Waals surface area contributed by atoms with E-state index in [0.29, 0.717) is 6.54 Å². The molecule has 0 fully saturated rings. The largest absolute Gasteiger partial charge is 0.388 e. The first-order valence-electron chi connectivity index (χ1n) is 6.31. The van der Waals surface area contributed by atoms with Crippen molar-refractivity contribution in [2.75, 3.05) is 0 Å². The molecule has 0 saturated carbocycles. The number of rotatable bonds is 2. The van der Waals surface area contributed by atoms with Crippen LogP contribution in [0.25, 0.3) is 0 Å². The van der Waals surface area contributed by atoms with Gasteiger partial charge in [-0.05, 0) is 24.3 Å². The van der Waals surface area contributed by atoms with Crippen LogP contribution in [0.3, 0.4) is 0 Å². The minimum Gasteiger partial charge on any atom is -0.388 e. The number of nitrogens with zero attached hydrogens (tertiary/aromatic N) is 2. The van der Waals surface area contributed by atoms with Crippen LogP contribution < -0.4 is 0 Å². The normalized spacial score (nSPS) is 21.8. The lowest BCUT2D eigenvalue weighted by Gasteiger charge is -2.33. The summed E-state index contributed by atoms with van der Waals surface area (Å²) in [6.45, 7) is 5.08. The van der Waals surface area contributed by atoms with E-state index in [2.05, 4.69) is 23.6 Å². The summed E-state index contributed by atoms with van der Waals surface area (Å²) in [7, 11) is 0. The molecule has 96 valence electrons. The Morgan fingerprint density at radius 3 is 3.06 bits per heavy atom. The second kappa shape index (κ2) is 3.99. The minimum absolute atomic E-state index is 0.143. The van der Waals surface area contributed by atoms with E-state index in [0.717, 1.165) is 24.2 Å². The molecule has 0 saturated heterocycles. The molecular formula is C14H18N2O2. The van der Waals surface area contributed by atoms with Gasteiger partial charge in [-0.15, -0.1) is 0 Å². The van der Waals surface area contributed by atoms with E-state index in [4.69, 9.17) is 4.52 Å². The van der Waals surface area contributed by atoms with Gasteiger partial charge < -0.3 is 14.2 Å². The van der Waals surface area contributed by atoms with E-state index in [1.165, 1.54) is 5.69 Å². The van der Waals surface area contributed by atoms with Gasteiger partial charge in [0.1, 0.15) is 0 Å². The predicted octanol–water partition coefficient (Wildman–Crippen LogP) is 2.53. The molecule has 2 aromatic heterocycles. The quantitative estimate of drug-likeness (QED) is 0.885. The number of aromatic nitrogens is 2. The molecule has 2 aromatic rings. The molecule has 0 radical (unpaired) electrons. The summed E-state index contributed by atoms with van der Waals surface area (Å²) in [6, 6.07) is 3.89. The Kier molecular flexibility index (Phi) is 2.55. The highest BCUT2D eigenvalue weighted by Crippen LogP contribution is 2.41. The zero-order valence-electron chi connectivity index (χ0n) is 10.8. The third kappa shape index (κ3) is 1.97. The highest BCUT2D eigenvalue weighted by atomic mass is 16.5. The maximum atomic E-state index is 10.2. The van der Waals surface area contributed by atoms with Crippen LogP contribution in [0.4, 0.5) is 0 Å². The average molecular weight is 246 g/mol. The molecule has 4 heteroatoms. The third-order valence-corrected chi connectivity index (χ3v) is 3.68. The average Bonchev–Trinajstić information content (AvgIpc) is 2.88. The van der Waals surface area contributed by atoms with E-state index in [-0.39, 0.29) is 11.5 Å². The van der Waals surface area contributed by atoms with Crippen molar-refractivity contribution < 1.29 is 9.63 Å². The summed E-state index contributed by atoms with van der Waals surface area (Å²) >= 11 is 0. The third-order valence-electron chi connectivity index (χ3n) is 3.68. The smallest absolute Gasteiger partial charge is 0.156 e. The molecule has 1 N–H and O–H groups in total. The van der Waals surface area contributed by atoms with Crippen molar-refractivity contribution in [2.24, 2.45) is 5.41 Å². The van der Waals surface area contributed by atoms with E-state index in [1.54, 1.807) is 6.20 Å². The standard InChI is InChI=1S/C14H18N2O2/c1-14(2)7-12-11(13(17)8-14)4-6-16(12)9-10-3-5-15-18-10/h3-6,13,17H,7-9H2,1-2H3. The fourth-order valence-electron chi connectivity index (χ4n) is 2.83. The number of fused-ring (bicyclic) bond motifs is 1. The number of hydrogen-bond acceptors (Lipinski definition) is 3. The van der Waals surface area contributed by atoms with E-state index < -0.39 is 0 Å². The monoisotopic (exact) mass is 246 g/mol. The molecule has 0 amide bonds. The van der Waals surface area contributed by atoms with E-state index in [9.17, 15) is 5.11 Å². The second-order valence-corrected chi connectivity index (χ2v) is 5.89. The molecule has 0 spiro atoms. The summed E-state index contributed by atoms with van der Waals surface area (Å²) in [5, 5.41) is 13.9. The van der Waals surface area contributed by atoms with Gasteiger partial charge in [0.25, 0.3) is 0 Å². The molecule has 0 bridgehead atoms. The lowest BCUT2D eigenvalue weighted by molar-refractivity contribution is 0.0980.